The van der Waals surface area contributed by atoms with Crippen molar-refractivity contribution < 1.29 is 8.42 Å². The van der Waals surface area contributed by atoms with Gasteiger partial charge in [0.15, 0.2) is 0 Å². The lowest BCUT2D eigenvalue weighted by molar-refractivity contribution is 0.566. The van der Waals surface area contributed by atoms with Crippen molar-refractivity contribution in [2.45, 2.75) is 18.7 Å². The van der Waals surface area contributed by atoms with Crippen LogP contribution in [0.1, 0.15) is 24.1 Å². The van der Waals surface area contributed by atoms with Crippen molar-refractivity contribution in [2.75, 3.05) is 0 Å². The van der Waals surface area contributed by atoms with Gasteiger partial charge in [-0.1, -0.05) is 66.7 Å². The number of nitrogens with one attached hydrogen (secondary N) is 1. The van der Waals surface area contributed by atoms with Crippen LogP contribution in [0.3, 0.4) is 0 Å². The SMILES string of the molecule is C[C@H](NS(=O)(=O)Cc1ccccc1)c1ccc2ccccc2c1. The summed E-state index contributed by atoms with van der Waals surface area (Å²) in [5.41, 5.74) is 1.74. The third kappa shape index (κ3) is 3.97. The molecule has 3 nitrogen and oxygen atoms in total. The average Bonchev–Trinajstić information content (AvgIpc) is 2.54. The summed E-state index contributed by atoms with van der Waals surface area (Å²) >= 11 is 0. The molecule has 0 unspecified atom stereocenters. The van der Waals surface area contributed by atoms with Gasteiger partial charge >= 0.3 is 0 Å². The van der Waals surface area contributed by atoms with E-state index in [-0.39, 0.29) is 11.8 Å². The molecule has 0 spiro atoms. The Morgan fingerprint density at radius 2 is 1.52 bits per heavy atom. The van der Waals surface area contributed by atoms with Crippen LogP contribution < -0.4 is 4.72 Å². The Labute approximate surface area is 137 Å². The molecule has 0 aliphatic heterocycles. The van der Waals surface area contributed by atoms with Gasteiger partial charge in [0.05, 0.1) is 5.75 Å². The summed E-state index contributed by atoms with van der Waals surface area (Å²) in [4.78, 5) is 0. The number of hydrogen-bond donors (Lipinski definition) is 1. The Balaban J connectivity index is 1.78. The van der Waals surface area contributed by atoms with E-state index < -0.39 is 10.0 Å². The molecule has 3 aromatic rings. The molecular formula is C19H19NO2S. The third-order valence-corrected chi connectivity index (χ3v) is 5.26. The van der Waals surface area contributed by atoms with Crippen LogP contribution >= 0.6 is 0 Å². The van der Waals surface area contributed by atoms with Crippen molar-refractivity contribution >= 4 is 20.8 Å². The van der Waals surface area contributed by atoms with Crippen LogP contribution in [0, 0.1) is 0 Å². The molecule has 0 aliphatic rings. The minimum atomic E-state index is -3.39. The van der Waals surface area contributed by atoms with Gasteiger partial charge in [0, 0.05) is 6.04 Å². The van der Waals surface area contributed by atoms with Crippen LogP contribution in [0.5, 0.6) is 0 Å². The summed E-state index contributed by atoms with van der Waals surface area (Å²) in [6.07, 6.45) is 0. The fourth-order valence-corrected chi connectivity index (χ4v) is 4.04. The lowest BCUT2D eigenvalue weighted by Crippen LogP contribution is -2.28. The van der Waals surface area contributed by atoms with E-state index in [1.165, 1.54) is 0 Å². The van der Waals surface area contributed by atoms with Crippen LogP contribution in [0.4, 0.5) is 0 Å². The van der Waals surface area contributed by atoms with Crippen molar-refractivity contribution in [3.8, 4) is 0 Å². The predicted octanol–water partition coefficient (Wildman–Crippen LogP) is 4.02. The predicted molar refractivity (Wildman–Crippen MR) is 94.6 cm³/mol. The first kappa shape index (κ1) is 15.7. The summed E-state index contributed by atoms with van der Waals surface area (Å²) in [6.45, 7) is 1.87. The van der Waals surface area contributed by atoms with Crippen LogP contribution in [0.15, 0.2) is 72.8 Å². The molecule has 0 saturated carbocycles. The molecule has 1 atom stereocenters. The Morgan fingerprint density at radius 3 is 2.26 bits per heavy atom. The summed E-state index contributed by atoms with van der Waals surface area (Å²) in [7, 11) is -3.39. The first-order valence-electron chi connectivity index (χ1n) is 7.56. The van der Waals surface area contributed by atoms with Crippen molar-refractivity contribution in [1.82, 2.24) is 4.72 Å². The largest absolute Gasteiger partial charge is 0.216 e. The number of rotatable bonds is 5. The van der Waals surface area contributed by atoms with Gasteiger partial charge in [-0.15, -0.1) is 0 Å². The first-order valence-corrected chi connectivity index (χ1v) is 9.21. The Morgan fingerprint density at radius 1 is 0.870 bits per heavy atom. The molecule has 0 fully saturated rings. The van der Waals surface area contributed by atoms with Gasteiger partial charge in [-0.3, -0.25) is 0 Å². The zero-order valence-electron chi connectivity index (χ0n) is 12.9. The maximum absolute atomic E-state index is 12.3. The smallest absolute Gasteiger partial charge is 0.212 e. The van der Waals surface area contributed by atoms with Gasteiger partial charge in [-0.25, -0.2) is 13.1 Å². The van der Waals surface area contributed by atoms with E-state index in [4.69, 9.17) is 0 Å². The minimum absolute atomic E-state index is 0.00817. The molecule has 4 heteroatoms. The van der Waals surface area contributed by atoms with Crippen LogP contribution in [-0.2, 0) is 15.8 Å². The topological polar surface area (TPSA) is 46.2 Å². The Kier molecular flexibility index (Phi) is 4.46. The van der Waals surface area contributed by atoms with Gasteiger partial charge in [-0.2, -0.15) is 0 Å². The van der Waals surface area contributed by atoms with E-state index in [9.17, 15) is 8.42 Å². The van der Waals surface area contributed by atoms with Gasteiger partial charge < -0.3 is 0 Å². The second-order valence-corrected chi connectivity index (χ2v) is 7.44. The van der Waals surface area contributed by atoms with E-state index in [1.54, 1.807) is 0 Å². The molecule has 3 rings (SSSR count). The number of benzene rings is 3. The maximum atomic E-state index is 12.3. The fraction of sp³-hybridized carbons (Fsp3) is 0.158. The molecule has 0 aliphatic carbocycles. The molecule has 0 heterocycles. The highest BCUT2D eigenvalue weighted by Crippen LogP contribution is 2.21. The van der Waals surface area contributed by atoms with Crippen molar-refractivity contribution in [3.05, 3.63) is 83.9 Å². The highest BCUT2D eigenvalue weighted by Gasteiger charge is 2.16. The van der Waals surface area contributed by atoms with Crippen LogP contribution in [-0.4, -0.2) is 8.42 Å². The summed E-state index contributed by atoms with van der Waals surface area (Å²) in [5, 5.41) is 2.26. The molecule has 0 bridgehead atoms. The Bertz CT molecular complexity index is 905. The highest BCUT2D eigenvalue weighted by atomic mass is 32.2. The van der Waals surface area contributed by atoms with Gasteiger partial charge in [0.25, 0.3) is 0 Å². The van der Waals surface area contributed by atoms with Crippen LogP contribution in [0.25, 0.3) is 10.8 Å². The van der Waals surface area contributed by atoms with E-state index in [0.29, 0.717) is 0 Å². The van der Waals surface area contributed by atoms with Crippen molar-refractivity contribution in [2.24, 2.45) is 0 Å². The molecule has 0 aromatic heterocycles. The van der Waals surface area contributed by atoms with Gasteiger partial charge in [0.1, 0.15) is 0 Å². The zero-order valence-corrected chi connectivity index (χ0v) is 13.8. The standard InChI is InChI=1S/C19H19NO2S/c1-15(18-12-11-17-9-5-6-10-19(17)13-18)20-23(21,22)14-16-7-3-2-4-8-16/h2-13,15,20H,14H2,1H3/t15-/m0/s1. The normalized spacial score (nSPS) is 13.1. The van der Waals surface area contributed by atoms with E-state index >= 15 is 0 Å². The Hall–Kier alpha value is -2.17. The monoisotopic (exact) mass is 325 g/mol. The zero-order chi connectivity index (χ0) is 16.3. The molecule has 0 amide bonds. The van der Waals surface area contributed by atoms with Crippen molar-refractivity contribution in [3.63, 3.8) is 0 Å². The second-order valence-electron chi connectivity index (χ2n) is 5.69. The fourth-order valence-electron chi connectivity index (χ4n) is 2.65. The van der Waals surface area contributed by atoms with Gasteiger partial charge in [0.2, 0.25) is 10.0 Å². The molecule has 0 radical (unpaired) electrons. The first-order chi connectivity index (χ1) is 11.0. The third-order valence-electron chi connectivity index (χ3n) is 3.83. The molecule has 0 saturated heterocycles. The molecule has 1 N–H and O–H groups in total. The second kappa shape index (κ2) is 6.52. The summed E-state index contributed by atoms with van der Waals surface area (Å²) < 4.78 is 27.4. The minimum Gasteiger partial charge on any atom is -0.212 e. The molecule has 23 heavy (non-hydrogen) atoms. The average molecular weight is 325 g/mol. The maximum Gasteiger partial charge on any atom is 0.216 e. The lowest BCUT2D eigenvalue weighted by atomic mass is 10.0. The highest BCUT2D eigenvalue weighted by molar-refractivity contribution is 7.88. The van der Waals surface area contributed by atoms with E-state index in [2.05, 4.69) is 4.72 Å². The summed E-state index contributed by atoms with van der Waals surface area (Å²) in [5.74, 6) is -0.00817. The van der Waals surface area contributed by atoms with E-state index in [1.807, 2.05) is 79.7 Å². The number of hydrogen-bond acceptors (Lipinski definition) is 2. The summed E-state index contributed by atoms with van der Waals surface area (Å²) in [6, 6.07) is 23.0. The van der Waals surface area contributed by atoms with E-state index in [0.717, 1.165) is 21.9 Å². The lowest BCUT2D eigenvalue weighted by Gasteiger charge is -2.15. The molecule has 3 aromatic carbocycles. The molecule has 118 valence electrons. The van der Waals surface area contributed by atoms with Crippen molar-refractivity contribution in [1.29, 1.82) is 0 Å². The molecular weight excluding hydrogens is 306 g/mol. The van der Waals surface area contributed by atoms with Crippen LogP contribution in [0.2, 0.25) is 0 Å². The number of sulfonamides is 1. The van der Waals surface area contributed by atoms with Gasteiger partial charge in [-0.05, 0) is 34.9 Å². The quantitative estimate of drug-likeness (QED) is 0.770. The number of fused-ring (bicyclic) bond motifs is 1.